The lowest BCUT2D eigenvalue weighted by Crippen LogP contribution is -2.41. The summed E-state index contributed by atoms with van der Waals surface area (Å²) in [6.07, 6.45) is 0.305. The van der Waals surface area contributed by atoms with Gasteiger partial charge in [-0.25, -0.2) is 9.59 Å². The van der Waals surface area contributed by atoms with E-state index in [-0.39, 0.29) is 17.0 Å². The SMILES string of the molecule is CC(C)C[C@H](NC(=O)c1cccc(C(=O)O)c1)C(=O)O. The number of hydrogen-bond donors (Lipinski definition) is 3. The van der Waals surface area contributed by atoms with E-state index in [2.05, 4.69) is 5.32 Å². The Hall–Kier alpha value is -2.37. The summed E-state index contributed by atoms with van der Waals surface area (Å²) >= 11 is 0. The van der Waals surface area contributed by atoms with Gasteiger partial charge < -0.3 is 15.5 Å². The Labute approximate surface area is 116 Å². The predicted molar refractivity (Wildman–Crippen MR) is 71.7 cm³/mol. The van der Waals surface area contributed by atoms with Crippen LogP contribution in [0.1, 0.15) is 41.0 Å². The molecule has 1 amide bonds. The smallest absolute Gasteiger partial charge is 0.335 e. The fourth-order valence-corrected chi connectivity index (χ4v) is 1.73. The topological polar surface area (TPSA) is 104 Å². The first-order chi connectivity index (χ1) is 9.31. The van der Waals surface area contributed by atoms with Gasteiger partial charge in [0.25, 0.3) is 5.91 Å². The Morgan fingerprint density at radius 3 is 2.25 bits per heavy atom. The third-order valence-corrected chi connectivity index (χ3v) is 2.68. The molecule has 0 saturated heterocycles. The Bertz CT molecular complexity index is 524. The van der Waals surface area contributed by atoms with Crippen LogP contribution in [-0.2, 0) is 4.79 Å². The van der Waals surface area contributed by atoms with E-state index in [1.54, 1.807) is 0 Å². The minimum Gasteiger partial charge on any atom is -0.480 e. The molecule has 0 bridgehead atoms. The van der Waals surface area contributed by atoms with Gasteiger partial charge >= 0.3 is 11.9 Å². The van der Waals surface area contributed by atoms with Gasteiger partial charge in [-0.2, -0.15) is 0 Å². The molecule has 1 atom stereocenters. The number of benzene rings is 1. The van der Waals surface area contributed by atoms with E-state index in [0.29, 0.717) is 6.42 Å². The molecular weight excluding hydrogens is 262 g/mol. The summed E-state index contributed by atoms with van der Waals surface area (Å²) < 4.78 is 0. The highest BCUT2D eigenvalue weighted by Crippen LogP contribution is 2.09. The van der Waals surface area contributed by atoms with Crippen molar-refractivity contribution in [1.82, 2.24) is 5.32 Å². The van der Waals surface area contributed by atoms with Gasteiger partial charge in [0.2, 0.25) is 0 Å². The molecule has 0 heterocycles. The zero-order chi connectivity index (χ0) is 15.3. The summed E-state index contributed by atoms with van der Waals surface area (Å²) in [5, 5.41) is 20.3. The molecule has 0 radical (unpaired) electrons. The Kier molecular flexibility index (Phi) is 5.25. The standard InChI is InChI=1S/C14H17NO5/c1-8(2)6-11(14(19)20)15-12(16)9-4-3-5-10(7-9)13(17)18/h3-5,7-8,11H,6H2,1-2H3,(H,15,16)(H,17,18)(H,19,20)/t11-/m0/s1. The van der Waals surface area contributed by atoms with Gasteiger partial charge in [0.1, 0.15) is 6.04 Å². The van der Waals surface area contributed by atoms with Crippen LogP contribution in [0.2, 0.25) is 0 Å². The first-order valence-electron chi connectivity index (χ1n) is 6.18. The monoisotopic (exact) mass is 279 g/mol. The van der Waals surface area contributed by atoms with Crippen molar-refractivity contribution in [2.45, 2.75) is 26.3 Å². The van der Waals surface area contributed by atoms with E-state index < -0.39 is 23.9 Å². The van der Waals surface area contributed by atoms with Crippen LogP contribution in [0, 0.1) is 5.92 Å². The van der Waals surface area contributed by atoms with Gasteiger partial charge in [-0.3, -0.25) is 4.79 Å². The maximum atomic E-state index is 11.9. The van der Waals surface area contributed by atoms with Crippen molar-refractivity contribution in [3.05, 3.63) is 35.4 Å². The molecule has 1 aromatic rings. The number of aliphatic carboxylic acids is 1. The highest BCUT2D eigenvalue weighted by atomic mass is 16.4. The van der Waals surface area contributed by atoms with Crippen LogP contribution >= 0.6 is 0 Å². The lowest BCUT2D eigenvalue weighted by atomic mass is 10.0. The van der Waals surface area contributed by atoms with Crippen LogP contribution in [0.4, 0.5) is 0 Å². The molecule has 6 heteroatoms. The van der Waals surface area contributed by atoms with Crippen molar-refractivity contribution >= 4 is 17.8 Å². The molecule has 0 spiro atoms. The van der Waals surface area contributed by atoms with Crippen LogP contribution < -0.4 is 5.32 Å². The third kappa shape index (κ3) is 4.38. The molecule has 0 saturated carbocycles. The average Bonchev–Trinajstić information content (AvgIpc) is 2.37. The molecule has 1 aromatic carbocycles. The molecule has 3 N–H and O–H groups in total. The lowest BCUT2D eigenvalue weighted by Gasteiger charge is -2.16. The number of carboxylic acid groups (broad SMARTS) is 2. The fourth-order valence-electron chi connectivity index (χ4n) is 1.73. The van der Waals surface area contributed by atoms with Crippen molar-refractivity contribution in [1.29, 1.82) is 0 Å². The zero-order valence-electron chi connectivity index (χ0n) is 11.3. The Morgan fingerprint density at radius 2 is 1.75 bits per heavy atom. The highest BCUT2D eigenvalue weighted by Gasteiger charge is 2.22. The Morgan fingerprint density at radius 1 is 1.15 bits per heavy atom. The highest BCUT2D eigenvalue weighted by molar-refractivity contribution is 5.99. The van der Waals surface area contributed by atoms with Gasteiger partial charge in [-0.15, -0.1) is 0 Å². The number of hydrogen-bond acceptors (Lipinski definition) is 3. The second-order valence-corrected chi connectivity index (χ2v) is 4.88. The second kappa shape index (κ2) is 6.70. The van der Waals surface area contributed by atoms with Crippen molar-refractivity contribution in [2.75, 3.05) is 0 Å². The predicted octanol–water partition coefficient (Wildman–Crippen LogP) is 1.61. The summed E-state index contributed by atoms with van der Waals surface area (Å²) in [5.74, 6) is -2.74. The minimum absolute atomic E-state index is 0.0200. The lowest BCUT2D eigenvalue weighted by molar-refractivity contribution is -0.139. The van der Waals surface area contributed by atoms with E-state index in [1.807, 2.05) is 13.8 Å². The van der Waals surface area contributed by atoms with Gasteiger partial charge in [0, 0.05) is 5.56 Å². The molecule has 0 aliphatic carbocycles. The number of amides is 1. The van der Waals surface area contributed by atoms with E-state index in [0.717, 1.165) is 0 Å². The fraction of sp³-hybridized carbons (Fsp3) is 0.357. The molecule has 20 heavy (non-hydrogen) atoms. The van der Waals surface area contributed by atoms with Gasteiger partial charge in [0.15, 0.2) is 0 Å². The number of carboxylic acids is 2. The van der Waals surface area contributed by atoms with Crippen LogP contribution in [0.25, 0.3) is 0 Å². The first-order valence-corrected chi connectivity index (χ1v) is 6.18. The zero-order valence-corrected chi connectivity index (χ0v) is 11.3. The van der Waals surface area contributed by atoms with Crippen LogP contribution in [0.15, 0.2) is 24.3 Å². The summed E-state index contributed by atoms with van der Waals surface area (Å²) in [5.41, 5.74) is 0.105. The molecule has 1 rings (SSSR count). The van der Waals surface area contributed by atoms with Crippen molar-refractivity contribution < 1.29 is 24.6 Å². The second-order valence-electron chi connectivity index (χ2n) is 4.88. The third-order valence-electron chi connectivity index (χ3n) is 2.68. The largest absolute Gasteiger partial charge is 0.480 e. The normalized spacial score (nSPS) is 11.9. The molecule has 0 aliphatic rings. The first kappa shape index (κ1) is 15.7. The number of carbonyl (C=O) groups excluding carboxylic acids is 1. The van der Waals surface area contributed by atoms with Crippen LogP contribution in [-0.4, -0.2) is 34.1 Å². The Balaban J connectivity index is 2.86. The summed E-state index contributed by atoms with van der Waals surface area (Å²) in [6.45, 7) is 3.71. The average molecular weight is 279 g/mol. The minimum atomic E-state index is -1.14. The molecule has 0 aromatic heterocycles. The molecular formula is C14H17NO5. The summed E-state index contributed by atoms with van der Waals surface area (Å²) in [6, 6.07) is 4.47. The maximum absolute atomic E-state index is 11.9. The molecule has 6 nitrogen and oxygen atoms in total. The van der Waals surface area contributed by atoms with Gasteiger partial charge in [-0.1, -0.05) is 19.9 Å². The summed E-state index contributed by atoms with van der Waals surface area (Å²) in [7, 11) is 0. The molecule has 0 aliphatic heterocycles. The molecule has 0 unspecified atom stereocenters. The van der Waals surface area contributed by atoms with Crippen molar-refractivity contribution in [2.24, 2.45) is 5.92 Å². The van der Waals surface area contributed by atoms with Crippen molar-refractivity contribution in [3.63, 3.8) is 0 Å². The maximum Gasteiger partial charge on any atom is 0.335 e. The van der Waals surface area contributed by atoms with Crippen molar-refractivity contribution in [3.8, 4) is 0 Å². The molecule has 108 valence electrons. The number of aromatic carboxylic acids is 1. The summed E-state index contributed by atoms with van der Waals surface area (Å²) in [4.78, 5) is 33.8. The number of rotatable bonds is 6. The van der Waals surface area contributed by atoms with Gasteiger partial charge in [-0.05, 0) is 30.5 Å². The van der Waals surface area contributed by atoms with Gasteiger partial charge in [0.05, 0.1) is 5.56 Å². The quantitative estimate of drug-likeness (QED) is 0.734. The number of nitrogens with one attached hydrogen (secondary N) is 1. The van der Waals surface area contributed by atoms with E-state index in [9.17, 15) is 14.4 Å². The van der Waals surface area contributed by atoms with E-state index in [4.69, 9.17) is 10.2 Å². The van der Waals surface area contributed by atoms with E-state index in [1.165, 1.54) is 24.3 Å². The van der Waals surface area contributed by atoms with Crippen LogP contribution in [0.5, 0.6) is 0 Å². The van der Waals surface area contributed by atoms with Crippen LogP contribution in [0.3, 0.4) is 0 Å². The molecule has 0 fully saturated rings. The van der Waals surface area contributed by atoms with E-state index >= 15 is 0 Å². The number of carbonyl (C=O) groups is 3.